The third kappa shape index (κ3) is 6.29. The number of β-lactam (4-membered cyclic amide) rings is 2. The molecule has 0 aromatic carbocycles. The van der Waals surface area contributed by atoms with Gasteiger partial charge in [0.15, 0.2) is 12.1 Å². The Morgan fingerprint density at radius 3 is 1.40 bits per heavy atom. The summed E-state index contributed by atoms with van der Waals surface area (Å²) in [6, 6.07) is -2.67. The second kappa shape index (κ2) is 13.0. The number of hydrogen-bond donors (Lipinski definition) is 0. The quantitative estimate of drug-likeness (QED) is 0.126. The molecule has 0 radical (unpaired) electrons. The van der Waals surface area contributed by atoms with E-state index in [1.54, 1.807) is 33.3 Å². The Morgan fingerprint density at radius 2 is 1.04 bits per heavy atom. The van der Waals surface area contributed by atoms with E-state index in [4.69, 9.17) is 9.47 Å². The van der Waals surface area contributed by atoms with Gasteiger partial charge in [-0.15, -0.1) is 23.5 Å². The predicted octanol–water partition coefficient (Wildman–Crippen LogP) is 2.70. The van der Waals surface area contributed by atoms with Crippen molar-refractivity contribution in [1.82, 2.24) is 19.6 Å². The van der Waals surface area contributed by atoms with E-state index in [9.17, 15) is 19.2 Å². The molecule has 0 spiro atoms. The molecule has 0 aromatic rings. The zero-order valence-corrected chi connectivity index (χ0v) is 28.4. The van der Waals surface area contributed by atoms with Crippen molar-refractivity contribution in [3.63, 3.8) is 0 Å². The number of thioether (sulfide) groups is 2. The molecule has 6 rings (SSSR count). The fraction of sp³-hybridized carbons (Fsp3) is 0.806. The SMILES string of the molecule is CC1(C)S[C@@H]2[C@H](N=CN3CCCCCC3)C(=O)N2[C@H]1C(=O)OCOC(=O)[C@@H]1N2C(=O)[C@@H](N=CN3CCCCCC3)[C@H]2SC1(C)C. The summed E-state index contributed by atoms with van der Waals surface area (Å²) in [4.78, 5) is 69.5. The molecule has 0 aliphatic carbocycles. The summed E-state index contributed by atoms with van der Waals surface area (Å²) < 4.78 is 9.67. The highest BCUT2D eigenvalue weighted by Crippen LogP contribution is 2.53. The highest BCUT2D eigenvalue weighted by atomic mass is 32.2. The Kier molecular flexibility index (Phi) is 9.35. The summed E-state index contributed by atoms with van der Waals surface area (Å²) in [6.07, 6.45) is 13.0. The predicted molar refractivity (Wildman–Crippen MR) is 174 cm³/mol. The lowest BCUT2D eigenvalue weighted by atomic mass is 9.96. The van der Waals surface area contributed by atoms with E-state index in [0.717, 1.165) is 51.9 Å². The standard InChI is InChI=1S/C31H46N6O6S2/c1-30(2)22(36-24(38)20(26(36)44-30)32-17-34-13-9-5-6-10-14-34)28(40)42-19-43-29(41)23-31(3,4)45-27-21(25(39)37(23)27)33-18-35-15-11-7-8-12-16-35/h17-18,20-23,26-27H,5-16,19H2,1-4H3/t20-,21-,22+,23+,26-,27-/m1/s1. The third-order valence-electron chi connectivity index (χ3n) is 9.74. The van der Waals surface area contributed by atoms with E-state index in [1.165, 1.54) is 25.7 Å². The normalized spacial score (nSPS) is 34.2. The number of amides is 2. The summed E-state index contributed by atoms with van der Waals surface area (Å²) in [7, 11) is 0. The maximum absolute atomic E-state index is 13.3. The van der Waals surface area contributed by atoms with Gasteiger partial charge in [0.2, 0.25) is 6.79 Å². The van der Waals surface area contributed by atoms with Crippen LogP contribution >= 0.6 is 23.5 Å². The molecule has 6 fully saturated rings. The van der Waals surface area contributed by atoms with E-state index in [-0.39, 0.29) is 22.6 Å². The van der Waals surface area contributed by atoms with Crippen molar-refractivity contribution in [2.45, 2.75) is 123 Å². The molecule has 0 bridgehead atoms. The summed E-state index contributed by atoms with van der Waals surface area (Å²) >= 11 is 3.08. The molecular formula is C31H46N6O6S2. The number of rotatable bonds is 8. The van der Waals surface area contributed by atoms with Gasteiger partial charge in [-0.3, -0.25) is 19.6 Å². The Balaban J connectivity index is 1.01. The number of esters is 2. The fourth-order valence-electron chi connectivity index (χ4n) is 7.28. The van der Waals surface area contributed by atoms with Gasteiger partial charge in [-0.1, -0.05) is 25.7 Å². The van der Waals surface area contributed by atoms with Crippen molar-refractivity contribution in [2.24, 2.45) is 9.98 Å². The first-order valence-corrected chi connectivity index (χ1v) is 18.1. The molecule has 6 aliphatic heterocycles. The van der Waals surface area contributed by atoms with Gasteiger partial charge in [0.25, 0.3) is 11.8 Å². The number of hydrogen-bond acceptors (Lipinski definition) is 10. The van der Waals surface area contributed by atoms with Crippen LogP contribution in [-0.2, 0) is 28.7 Å². The van der Waals surface area contributed by atoms with E-state index in [1.807, 2.05) is 40.4 Å². The van der Waals surface area contributed by atoms with Crippen LogP contribution in [0.3, 0.4) is 0 Å². The molecule has 0 unspecified atom stereocenters. The fourth-order valence-corrected chi connectivity index (χ4v) is 10.5. The van der Waals surface area contributed by atoms with E-state index in [0.29, 0.717) is 0 Å². The molecule has 6 saturated heterocycles. The first-order chi connectivity index (χ1) is 21.5. The van der Waals surface area contributed by atoms with Crippen LogP contribution in [0.5, 0.6) is 0 Å². The molecule has 248 valence electrons. The minimum atomic E-state index is -0.814. The van der Waals surface area contributed by atoms with Crippen molar-refractivity contribution in [1.29, 1.82) is 0 Å². The van der Waals surface area contributed by atoms with Crippen molar-refractivity contribution < 1.29 is 28.7 Å². The second-order valence-electron chi connectivity index (χ2n) is 13.9. The molecule has 45 heavy (non-hydrogen) atoms. The molecule has 6 heterocycles. The number of likely N-dealkylation sites (tertiary alicyclic amines) is 2. The van der Waals surface area contributed by atoms with E-state index in [2.05, 4.69) is 19.8 Å². The number of carbonyl (C=O) groups is 4. The number of aliphatic imine (C=N–C) groups is 2. The molecule has 0 aromatic heterocycles. The third-order valence-corrected chi connectivity index (χ3v) is 12.9. The van der Waals surface area contributed by atoms with Crippen molar-refractivity contribution in [2.75, 3.05) is 33.0 Å². The van der Waals surface area contributed by atoms with Crippen LogP contribution < -0.4 is 0 Å². The van der Waals surface area contributed by atoms with Gasteiger partial charge in [0.1, 0.15) is 22.8 Å². The summed E-state index contributed by atoms with van der Waals surface area (Å²) in [5.41, 5.74) is 0. The molecule has 0 N–H and O–H groups in total. The van der Waals surface area contributed by atoms with Gasteiger partial charge in [0, 0.05) is 35.7 Å². The molecule has 6 aliphatic rings. The molecule has 12 nitrogen and oxygen atoms in total. The average molecular weight is 663 g/mol. The van der Waals surface area contributed by atoms with Crippen LogP contribution in [0.25, 0.3) is 0 Å². The van der Waals surface area contributed by atoms with Crippen LogP contribution in [-0.4, -0.2) is 133 Å². The summed E-state index contributed by atoms with van der Waals surface area (Å²) in [6.45, 7) is 10.9. The van der Waals surface area contributed by atoms with Crippen LogP contribution in [0.1, 0.15) is 79.1 Å². The Labute approximate surface area is 274 Å². The second-order valence-corrected chi connectivity index (χ2v) is 17.4. The van der Waals surface area contributed by atoms with Gasteiger partial charge in [0.05, 0.1) is 12.7 Å². The van der Waals surface area contributed by atoms with Crippen LogP contribution in [0.15, 0.2) is 9.98 Å². The number of fused-ring (bicyclic) bond motifs is 2. The Bertz CT molecular complexity index is 1140. The van der Waals surface area contributed by atoms with Gasteiger partial charge < -0.3 is 29.1 Å². The van der Waals surface area contributed by atoms with Gasteiger partial charge in [-0.05, 0) is 53.4 Å². The van der Waals surface area contributed by atoms with Gasteiger partial charge >= 0.3 is 11.9 Å². The smallest absolute Gasteiger partial charge is 0.333 e. The van der Waals surface area contributed by atoms with Crippen LogP contribution in [0.2, 0.25) is 0 Å². The monoisotopic (exact) mass is 662 g/mol. The maximum Gasteiger partial charge on any atom is 0.333 e. The molecule has 2 amide bonds. The topological polar surface area (TPSA) is 124 Å². The lowest BCUT2D eigenvalue weighted by Gasteiger charge is -2.42. The lowest BCUT2D eigenvalue weighted by Crippen LogP contribution is -2.65. The minimum Gasteiger partial charge on any atom is -0.426 e. The zero-order valence-electron chi connectivity index (χ0n) is 26.8. The van der Waals surface area contributed by atoms with E-state index < -0.39 is 52.4 Å². The highest BCUT2D eigenvalue weighted by molar-refractivity contribution is 8.02. The number of nitrogens with zero attached hydrogens (tertiary/aromatic N) is 6. The average Bonchev–Trinajstić information content (AvgIpc) is 3.20. The zero-order chi connectivity index (χ0) is 31.9. The molecular weight excluding hydrogens is 617 g/mol. The van der Waals surface area contributed by atoms with E-state index >= 15 is 0 Å². The lowest BCUT2D eigenvalue weighted by molar-refractivity contribution is -0.181. The molecule has 0 saturated carbocycles. The molecule has 6 atom stereocenters. The first kappa shape index (κ1) is 32.5. The minimum absolute atomic E-state index is 0.191. The van der Waals surface area contributed by atoms with Crippen LogP contribution in [0, 0.1) is 0 Å². The summed E-state index contributed by atoms with van der Waals surface area (Å²) in [5.74, 6) is -1.62. The number of carbonyl (C=O) groups excluding carboxylic acids is 4. The van der Waals surface area contributed by atoms with Crippen molar-refractivity contribution >= 4 is 60.0 Å². The molecule has 14 heteroatoms. The number of ether oxygens (including phenoxy) is 2. The largest absolute Gasteiger partial charge is 0.426 e. The Morgan fingerprint density at radius 1 is 0.689 bits per heavy atom. The van der Waals surface area contributed by atoms with Crippen molar-refractivity contribution in [3.05, 3.63) is 0 Å². The Hall–Kier alpha value is -2.48. The van der Waals surface area contributed by atoms with Crippen LogP contribution in [0.4, 0.5) is 0 Å². The van der Waals surface area contributed by atoms with Crippen molar-refractivity contribution in [3.8, 4) is 0 Å². The van der Waals surface area contributed by atoms with Gasteiger partial charge in [-0.2, -0.15) is 0 Å². The highest BCUT2D eigenvalue weighted by Gasteiger charge is 2.65. The maximum atomic E-state index is 13.3. The van der Waals surface area contributed by atoms with Gasteiger partial charge in [-0.25, -0.2) is 9.59 Å². The first-order valence-electron chi connectivity index (χ1n) is 16.4. The summed E-state index contributed by atoms with van der Waals surface area (Å²) in [5, 5.41) is -0.479.